The first-order chi connectivity index (χ1) is 13.5. The highest BCUT2D eigenvalue weighted by atomic mass is 32.2. The van der Waals surface area contributed by atoms with Crippen LogP contribution in [0.5, 0.6) is 0 Å². The van der Waals surface area contributed by atoms with Gasteiger partial charge in [-0.25, -0.2) is 0 Å². The van der Waals surface area contributed by atoms with E-state index in [0.717, 1.165) is 29.5 Å². The van der Waals surface area contributed by atoms with Gasteiger partial charge in [-0.3, -0.25) is 0 Å². The van der Waals surface area contributed by atoms with Crippen molar-refractivity contribution in [1.82, 2.24) is 9.03 Å². The zero-order valence-electron chi connectivity index (χ0n) is 16.4. The predicted octanol–water partition coefficient (Wildman–Crippen LogP) is 2.91. The van der Waals surface area contributed by atoms with E-state index in [4.69, 9.17) is 0 Å². The van der Waals surface area contributed by atoms with E-state index >= 15 is 0 Å². The number of halogens is 3. The molecule has 1 radical (unpaired) electrons. The summed E-state index contributed by atoms with van der Waals surface area (Å²) in [4.78, 5) is 0. The summed E-state index contributed by atoms with van der Waals surface area (Å²) >= 11 is 0. The Bertz CT molecular complexity index is 984. The van der Waals surface area contributed by atoms with Crippen molar-refractivity contribution < 1.29 is 21.6 Å². The van der Waals surface area contributed by atoms with Crippen molar-refractivity contribution in [2.24, 2.45) is 11.8 Å². The second-order valence-corrected chi connectivity index (χ2v) is 12.6. The summed E-state index contributed by atoms with van der Waals surface area (Å²) in [7, 11) is -4.79. The molecule has 1 saturated heterocycles. The first-order valence-electron chi connectivity index (χ1n) is 9.78. The summed E-state index contributed by atoms with van der Waals surface area (Å²) in [6.45, 7) is 2.71. The van der Waals surface area contributed by atoms with Gasteiger partial charge in [-0.1, -0.05) is 25.1 Å². The first-order valence-corrected chi connectivity index (χ1v) is 13.7. The summed E-state index contributed by atoms with van der Waals surface area (Å²) in [5.74, 6) is 3.20. The summed E-state index contributed by atoms with van der Waals surface area (Å²) in [6.07, 6.45) is -1.57. The van der Waals surface area contributed by atoms with E-state index < -0.39 is 37.3 Å². The van der Waals surface area contributed by atoms with E-state index in [1.165, 1.54) is 0 Å². The maximum Gasteiger partial charge on any atom is 0.402 e. The predicted molar refractivity (Wildman–Crippen MR) is 107 cm³/mol. The highest BCUT2D eigenvalue weighted by molar-refractivity contribution is 7.87. The summed E-state index contributed by atoms with van der Waals surface area (Å²) < 4.78 is 67.1. The van der Waals surface area contributed by atoms with Crippen LogP contribution in [0.15, 0.2) is 18.2 Å². The summed E-state index contributed by atoms with van der Waals surface area (Å²) in [5.41, 5.74) is 5.69. The van der Waals surface area contributed by atoms with Crippen molar-refractivity contribution in [3.05, 3.63) is 34.9 Å². The van der Waals surface area contributed by atoms with Crippen LogP contribution in [-0.4, -0.2) is 46.3 Å². The van der Waals surface area contributed by atoms with Gasteiger partial charge in [0.2, 0.25) is 0 Å². The van der Waals surface area contributed by atoms with E-state index in [0.29, 0.717) is 17.1 Å². The van der Waals surface area contributed by atoms with Crippen molar-refractivity contribution in [3.63, 3.8) is 0 Å². The van der Waals surface area contributed by atoms with Crippen LogP contribution in [0.2, 0.25) is 13.1 Å². The highest BCUT2D eigenvalue weighted by Crippen LogP contribution is 2.50. The minimum absolute atomic E-state index is 0.000195. The van der Waals surface area contributed by atoms with Gasteiger partial charge in [0.15, 0.2) is 0 Å². The van der Waals surface area contributed by atoms with Crippen LogP contribution >= 0.6 is 0 Å². The Hall–Kier alpha value is -1.34. The zero-order valence-corrected chi connectivity index (χ0v) is 18.3. The fourth-order valence-corrected chi connectivity index (χ4v) is 7.22. The average Bonchev–Trinajstić information content (AvgIpc) is 2.97. The van der Waals surface area contributed by atoms with Gasteiger partial charge in [0, 0.05) is 12.1 Å². The molecule has 1 heterocycles. The van der Waals surface area contributed by atoms with Crippen LogP contribution in [0, 0.1) is 23.3 Å². The van der Waals surface area contributed by atoms with Crippen molar-refractivity contribution in [2.75, 3.05) is 13.1 Å². The molecule has 1 N–H and O–H groups in total. The molecule has 1 aromatic carbocycles. The van der Waals surface area contributed by atoms with Crippen molar-refractivity contribution in [1.29, 1.82) is 0 Å². The second kappa shape index (κ2) is 7.12. The van der Waals surface area contributed by atoms with Crippen molar-refractivity contribution in [2.45, 2.75) is 50.5 Å². The standard InChI is InChI=1S/C20H24F3N2O2SSi/c1-29(2)8-7-14-3-4-15-10-17-5-6-18(11-16(15)9-14)19(17)12-25(13-20(21,22)23)28(26,27)24-19/h3-4,9,17-18,24H,5-6,10-13H2,1-2H3/t17-,18+,19+/m0/s1. The van der Waals surface area contributed by atoms with Crippen molar-refractivity contribution in [3.8, 4) is 11.5 Å². The molecule has 29 heavy (non-hydrogen) atoms. The van der Waals surface area contributed by atoms with Gasteiger partial charge in [0.1, 0.15) is 15.3 Å². The van der Waals surface area contributed by atoms with Gasteiger partial charge in [0.05, 0.1) is 5.54 Å². The quantitative estimate of drug-likeness (QED) is 0.538. The molecule has 2 aliphatic carbocycles. The molecule has 9 heteroatoms. The SMILES string of the molecule is C[Si](C)C#Cc1ccc2c(c1)C[C@H]1CC[C@@H](C2)[C@]12CN(CC(F)(F)F)S(=O)(=O)N2. The first kappa shape index (κ1) is 20.9. The van der Waals surface area contributed by atoms with E-state index in [9.17, 15) is 21.6 Å². The van der Waals surface area contributed by atoms with Crippen LogP contribution in [-0.2, 0) is 23.1 Å². The normalized spacial score (nSPS) is 30.8. The van der Waals surface area contributed by atoms with Crippen LogP contribution < -0.4 is 4.72 Å². The molecule has 3 aliphatic rings. The van der Waals surface area contributed by atoms with Gasteiger partial charge in [-0.15, -0.1) is 5.54 Å². The molecule has 157 valence electrons. The number of fused-ring (bicyclic) bond motifs is 1. The lowest BCUT2D eigenvalue weighted by Gasteiger charge is -2.33. The second-order valence-electron chi connectivity index (χ2n) is 8.64. The fraction of sp³-hybridized carbons (Fsp3) is 0.600. The third-order valence-corrected chi connectivity index (χ3v) is 8.57. The summed E-state index contributed by atoms with van der Waals surface area (Å²) in [6, 6.07) is 6.14. The summed E-state index contributed by atoms with van der Waals surface area (Å²) in [5, 5.41) is 0. The highest BCUT2D eigenvalue weighted by Gasteiger charge is 2.60. The Morgan fingerprint density at radius 3 is 2.48 bits per heavy atom. The number of alkyl halides is 3. The molecule has 4 rings (SSSR count). The van der Waals surface area contributed by atoms with E-state index in [2.05, 4.69) is 41.4 Å². The molecular weight excluding hydrogens is 417 g/mol. The molecule has 3 atom stereocenters. The van der Waals surface area contributed by atoms with Gasteiger partial charge in [-0.2, -0.15) is 30.6 Å². The van der Waals surface area contributed by atoms with Gasteiger partial charge >= 0.3 is 6.18 Å². The largest absolute Gasteiger partial charge is 0.402 e. The molecular formula is C20H24F3N2O2SSi. The maximum atomic E-state index is 12.9. The monoisotopic (exact) mass is 441 g/mol. The smallest absolute Gasteiger partial charge is 0.195 e. The molecule has 0 aromatic heterocycles. The number of nitrogens with one attached hydrogen (secondary N) is 1. The number of rotatable bonds is 1. The molecule has 0 amide bonds. The number of nitrogens with zero attached hydrogens (tertiary/aromatic N) is 1. The van der Waals surface area contributed by atoms with Crippen LogP contribution in [0.4, 0.5) is 13.2 Å². The van der Waals surface area contributed by atoms with Gasteiger partial charge in [-0.05, 0) is 60.8 Å². The molecule has 1 aromatic rings. The Morgan fingerprint density at radius 1 is 1.21 bits per heavy atom. The van der Waals surface area contributed by atoms with Crippen LogP contribution in [0.3, 0.4) is 0 Å². The molecule has 4 nitrogen and oxygen atoms in total. The molecule has 2 fully saturated rings. The Morgan fingerprint density at radius 2 is 1.86 bits per heavy atom. The Kier molecular flexibility index (Phi) is 5.13. The van der Waals surface area contributed by atoms with E-state index in [1.807, 2.05) is 6.07 Å². The van der Waals surface area contributed by atoms with Crippen LogP contribution in [0.1, 0.15) is 29.5 Å². The van der Waals surface area contributed by atoms with E-state index in [1.54, 1.807) is 0 Å². The number of benzene rings is 1. The number of hydrogen-bond acceptors (Lipinski definition) is 2. The Balaban J connectivity index is 1.65. The maximum absolute atomic E-state index is 12.9. The van der Waals surface area contributed by atoms with Crippen molar-refractivity contribution >= 4 is 19.0 Å². The number of hydrogen-bond donors (Lipinski definition) is 1. The minimum atomic E-state index is -4.56. The molecule has 2 bridgehead atoms. The molecule has 1 spiro atoms. The van der Waals surface area contributed by atoms with Gasteiger partial charge < -0.3 is 0 Å². The Labute approximate surface area is 171 Å². The zero-order chi connectivity index (χ0) is 21.0. The van der Waals surface area contributed by atoms with Gasteiger partial charge in [0.25, 0.3) is 10.2 Å². The van der Waals surface area contributed by atoms with Crippen LogP contribution in [0.25, 0.3) is 0 Å². The molecule has 1 aliphatic heterocycles. The molecule has 0 unspecified atom stereocenters. The third-order valence-electron chi connectivity index (χ3n) is 6.37. The lowest BCUT2D eigenvalue weighted by molar-refractivity contribution is -0.136. The lowest BCUT2D eigenvalue weighted by atomic mass is 9.79. The fourth-order valence-electron chi connectivity index (χ4n) is 5.12. The third kappa shape index (κ3) is 4.00. The average molecular weight is 442 g/mol. The minimum Gasteiger partial charge on any atom is -0.195 e. The lowest BCUT2D eigenvalue weighted by Crippen LogP contribution is -2.52. The van der Waals surface area contributed by atoms with E-state index in [-0.39, 0.29) is 18.4 Å². The molecule has 1 saturated carbocycles. The topological polar surface area (TPSA) is 49.4 Å².